The van der Waals surface area contributed by atoms with Gasteiger partial charge in [-0.25, -0.2) is 0 Å². The van der Waals surface area contributed by atoms with E-state index in [1.54, 1.807) is 0 Å². The van der Waals surface area contributed by atoms with E-state index >= 15 is 0 Å². The summed E-state index contributed by atoms with van der Waals surface area (Å²) in [7, 11) is 0. The molecule has 0 aliphatic carbocycles. The first-order chi connectivity index (χ1) is 0. The second kappa shape index (κ2) is 171. The molecule has 0 atom stereocenters. The Kier molecular flexibility index (Phi) is 3320. The van der Waals surface area contributed by atoms with Crippen LogP contribution in [0, 0.1) is 0 Å². The molecule has 0 aliphatic rings. The van der Waals surface area contributed by atoms with E-state index in [1.165, 1.54) is 0 Å². The zero-order chi connectivity index (χ0) is 0. The molecule has 0 aromatic heterocycles. The molecule has 0 saturated carbocycles. The van der Waals surface area contributed by atoms with Gasteiger partial charge in [-0.2, -0.15) is 0 Å². The fourth-order valence-corrected chi connectivity index (χ4v) is 0. The maximum Gasteiger partial charge on any atom is 0 e. The Labute approximate surface area is 142 Å². The van der Waals surface area contributed by atoms with Crippen molar-refractivity contribution >= 4 is 124 Å². The fraction of sp³-hybridized carbons (Fsp3) is 0. The molecule has 0 heterocycles. The molecule has 0 bridgehead atoms. The topological polar surface area (TPSA) is 0 Å². The van der Waals surface area contributed by atoms with Crippen LogP contribution in [-0.4, -0.2) is 0 Å². The first-order valence-electron chi connectivity index (χ1n) is 0. The third kappa shape index (κ3) is 145. The second-order valence-electron chi connectivity index (χ2n) is 0. The van der Waals surface area contributed by atoms with E-state index in [9.17, 15) is 0 Å². The maximum absolute atomic E-state index is 0. The molecule has 0 aliphatic heterocycles. The summed E-state index contributed by atoms with van der Waals surface area (Å²) in [6.45, 7) is 0. The largest absolute Gasteiger partial charge is 0.147 e. The Balaban J connectivity index is 0. The number of hydrogen-bond acceptors (Lipinski definition) is 0. The average molecular weight is 430 g/mol. The summed E-state index contributed by atoms with van der Waals surface area (Å²) in [6, 6.07) is 0. The molecule has 11 heteroatoms. The van der Waals surface area contributed by atoms with Crippen molar-refractivity contribution in [2.24, 2.45) is 0 Å². The van der Waals surface area contributed by atoms with Gasteiger partial charge in [0, 0.05) is 19.5 Å². The van der Waals surface area contributed by atoms with Gasteiger partial charge in [-0.15, -0.1) is 124 Å². The van der Waals surface area contributed by atoms with E-state index in [-0.39, 0.29) is 144 Å². The van der Waals surface area contributed by atoms with Crippen molar-refractivity contribution in [1.82, 2.24) is 0 Å². The quantitative estimate of drug-likeness (QED) is 0.506. The van der Waals surface area contributed by atoms with Crippen molar-refractivity contribution < 1.29 is 19.5 Å². The Bertz CT molecular complexity index is 4.83. The van der Waals surface area contributed by atoms with Crippen LogP contribution in [0.1, 0.15) is 0 Å². The maximum atomic E-state index is 0. The molecule has 0 radical (unpaired) electrons. The number of rotatable bonds is 0. The van der Waals surface area contributed by atoms with E-state index in [0.29, 0.717) is 0 Å². The second-order valence-corrected chi connectivity index (χ2v) is 0. The minimum Gasteiger partial charge on any atom is -0.147 e. The standard InChI is InChI=1S/10ClH.Zn/h10*1H;. The van der Waals surface area contributed by atoms with Crippen molar-refractivity contribution in [3.05, 3.63) is 0 Å². The normalized spacial score (nSPS) is 0. The van der Waals surface area contributed by atoms with Crippen molar-refractivity contribution in [1.29, 1.82) is 0 Å². The van der Waals surface area contributed by atoms with Crippen LogP contribution < -0.4 is 0 Å². The summed E-state index contributed by atoms with van der Waals surface area (Å²) in [6.07, 6.45) is 0. The van der Waals surface area contributed by atoms with Crippen molar-refractivity contribution in [2.75, 3.05) is 0 Å². The molecule has 0 spiro atoms. The minimum atomic E-state index is 0. The molecule has 0 fully saturated rings. The molecule has 0 saturated heterocycles. The molecule has 0 aromatic rings. The molecule has 0 N–H and O–H groups in total. The Hall–Kier alpha value is 3.52. The minimum absolute atomic E-state index is 0. The third-order valence-corrected chi connectivity index (χ3v) is 0. The van der Waals surface area contributed by atoms with E-state index in [0.717, 1.165) is 0 Å². The van der Waals surface area contributed by atoms with Gasteiger partial charge < -0.3 is 0 Å². The SMILES string of the molecule is Cl.Cl.Cl.Cl.Cl.Cl.Cl.Cl.Cl.Cl.[Zn]. The number of halogens is 10. The van der Waals surface area contributed by atoms with Gasteiger partial charge in [0.1, 0.15) is 0 Å². The summed E-state index contributed by atoms with van der Waals surface area (Å²) < 4.78 is 0. The molecular weight excluding hydrogens is 420 g/mol. The molecule has 11 heavy (non-hydrogen) atoms. The monoisotopic (exact) mass is 424 g/mol. The van der Waals surface area contributed by atoms with Crippen LogP contribution in [0.5, 0.6) is 0 Å². The van der Waals surface area contributed by atoms with Gasteiger partial charge in [-0.05, 0) is 0 Å². The molecular formula is H10Cl10Zn. The van der Waals surface area contributed by atoms with Gasteiger partial charge in [0.2, 0.25) is 0 Å². The average Bonchev–Trinajstić information content (AvgIpc) is 0. The van der Waals surface area contributed by atoms with Crippen LogP contribution in [0.15, 0.2) is 0 Å². The van der Waals surface area contributed by atoms with Crippen molar-refractivity contribution in [2.45, 2.75) is 0 Å². The molecule has 0 amide bonds. The van der Waals surface area contributed by atoms with Gasteiger partial charge in [-0.1, -0.05) is 0 Å². The Morgan fingerprint density at radius 1 is 0.182 bits per heavy atom. The predicted octanol–water partition coefficient (Wildman–Crippen LogP) is 4.22. The molecule has 0 nitrogen and oxygen atoms in total. The fourth-order valence-electron chi connectivity index (χ4n) is 0. The van der Waals surface area contributed by atoms with Gasteiger partial charge >= 0.3 is 0 Å². The Morgan fingerprint density at radius 3 is 0.182 bits per heavy atom. The molecule has 0 unspecified atom stereocenters. The van der Waals surface area contributed by atoms with Crippen molar-refractivity contribution in [3.8, 4) is 0 Å². The Morgan fingerprint density at radius 2 is 0.182 bits per heavy atom. The smallest absolute Gasteiger partial charge is 0 e. The van der Waals surface area contributed by atoms with Crippen LogP contribution in [0.25, 0.3) is 0 Å². The molecule has 82 valence electrons. The van der Waals surface area contributed by atoms with E-state index in [2.05, 4.69) is 0 Å². The van der Waals surface area contributed by atoms with Crippen LogP contribution in [0.4, 0.5) is 0 Å². The van der Waals surface area contributed by atoms with Crippen LogP contribution in [0.3, 0.4) is 0 Å². The zero-order valence-corrected chi connectivity index (χ0v) is 15.9. The van der Waals surface area contributed by atoms with E-state index in [1.807, 2.05) is 0 Å². The first kappa shape index (κ1) is 214. The van der Waals surface area contributed by atoms with Crippen LogP contribution >= 0.6 is 124 Å². The third-order valence-electron chi connectivity index (χ3n) is 0. The summed E-state index contributed by atoms with van der Waals surface area (Å²) >= 11 is 0. The zero-order valence-electron chi connectivity index (χ0n) is 4.79. The summed E-state index contributed by atoms with van der Waals surface area (Å²) in [5.41, 5.74) is 0. The number of hydrogen-bond donors (Lipinski definition) is 0. The van der Waals surface area contributed by atoms with Gasteiger partial charge in [0.05, 0.1) is 0 Å². The molecule has 0 aromatic carbocycles. The molecule has 0 rings (SSSR count). The van der Waals surface area contributed by atoms with Crippen LogP contribution in [0.2, 0.25) is 0 Å². The van der Waals surface area contributed by atoms with Gasteiger partial charge in [-0.3, -0.25) is 0 Å². The summed E-state index contributed by atoms with van der Waals surface area (Å²) in [5.74, 6) is 0. The van der Waals surface area contributed by atoms with Crippen LogP contribution in [-0.2, 0) is 19.5 Å². The predicted molar refractivity (Wildman–Crippen MR) is 72.5 cm³/mol. The summed E-state index contributed by atoms with van der Waals surface area (Å²) in [4.78, 5) is 0. The van der Waals surface area contributed by atoms with Crippen molar-refractivity contribution in [3.63, 3.8) is 0 Å². The first-order valence-corrected chi connectivity index (χ1v) is 0. The van der Waals surface area contributed by atoms with E-state index in [4.69, 9.17) is 0 Å². The van der Waals surface area contributed by atoms with E-state index < -0.39 is 0 Å². The van der Waals surface area contributed by atoms with Gasteiger partial charge in [0.15, 0.2) is 0 Å². The summed E-state index contributed by atoms with van der Waals surface area (Å²) in [5, 5.41) is 0. The van der Waals surface area contributed by atoms with Gasteiger partial charge in [0.25, 0.3) is 0 Å².